The highest BCUT2D eigenvalue weighted by Crippen LogP contribution is 2.29. The first kappa shape index (κ1) is 19.3. The number of piperidine rings is 1. The average Bonchev–Trinajstić information content (AvgIpc) is 3.02. The highest BCUT2D eigenvalue weighted by Gasteiger charge is 2.30. The summed E-state index contributed by atoms with van der Waals surface area (Å²) in [5.41, 5.74) is 0.601. The van der Waals surface area contributed by atoms with E-state index in [4.69, 9.17) is 0 Å². The van der Waals surface area contributed by atoms with E-state index in [1.54, 1.807) is 24.7 Å². The van der Waals surface area contributed by atoms with Crippen molar-refractivity contribution in [1.82, 2.24) is 25.2 Å². The Morgan fingerprint density at radius 1 is 1.33 bits per heavy atom. The highest BCUT2D eigenvalue weighted by atomic mass is 19.4. The molecule has 1 amide bonds. The number of hydrogen-bond acceptors (Lipinski definition) is 4. The quantitative estimate of drug-likeness (QED) is 0.885. The van der Waals surface area contributed by atoms with Crippen LogP contribution in [0.25, 0.3) is 0 Å². The molecule has 0 spiro atoms. The van der Waals surface area contributed by atoms with Crippen LogP contribution < -0.4 is 5.32 Å². The van der Waals surface area contributed by atoms with Gasteiger partial charge in [-0.15, -0.1) is 5.10 Å². The number of halogens is 3. The lowest BCUT2D eigenvalue weighted by atomic mass is 10.1. The van der Waals surface area contributed by atoms with Crippen molar-refractivity contribution in [1.29, 1.82) is 0 Å². The van der Waals surface area contributed by atoms with E-state index in [-0.39, 0.29) is 24.2 Å². The summed E-state index contributed by atoms with van der Waals surface area (Å²) in [5.74, 6) is -0.356. The van der Waals surface area contributed by atoms with Gasteiger partial charge in [-0.1, -0.05) is 17.3 Å². The molecule has 0 unspecified atom stereocenters. The van der Waals surface area contributed by atoms with Crippen LogP contribution in [-0.4, -0.2) is 45.9 Å². The summed E-state index contributed by atoms with van der Waals surface area (Å²) in [6, 6.07) is 5.18. The molecule has 27 heavy (non-hydrogen) atoms. The van der Waals surface area contributed by atoms with Gasteiger partial charge in [-0.3, -0.25) is 4.79 Å². The van der Waals surface area contributed by atoms with E-state index in [0.29, 0.717) is 11.3 Å². The molecule has 1 fully saturated rings. The number of rotatable bonds is 4. The molecule has 2 heterocycles. The van der Waals surface area contributed by atoms with Crippen molar-refractivity contribution >= 4 is 5.91 Å². The largest absolute Gasteiger partial charge is 0.416 e. The smallest absolute Gasteiger partial charge is 0.336 e. The number of aromatic nitrogens is 3. The maximum atomic E-state index is 12.9. The third-order valence-electron chi connectivity index (χ3n) is 4.81. The van der Waals surface area contributed by atoms with Crippen LogP contribution in [0.5, 0.6) is 0 Å². The van der Waals surface area contributed by atoms with Crippen molar-refractivity contribution in [3.8, 4) is 0 Å². The van der Waals surface area contributed by atoms with Crippen molar-refractivity contribution < 1.29 is 18.0 Å². The Kier molecular flexibility index (Phi) is 5.50. The number of benzene rings is 1. The van der Waals surface area contributed by atoms with Crippen LogP contribution in [0.4, 0.5) is 13.2 Å². The fraction of sp³-hybridized carbons (Fsp3) is 0.500. The predicted octanol–water partition coefficient (Wildman–Crippen LogP) is 2.80. The van der Waals surface area contributed by atoms with Crippen LogP contribution in [0.1, 0.15) is 46.2 Å². The van der Waals surface area contributed by atoms with Gasteiger partial charge < -0.3 is 10.2 Å². The molecule has 2 aromatic rings. The Bertz CT molecular complexity index is 812. The fourth-order valence-electron chi connectivity index (χ4n) is 3.31. The third-order valence-corrected chi connectivity index (χ3v) is 4.81. The summed E-state index contributed by atoms with van der Waals surface area (Å²) < 4.78 is 40.3. The topological polar surface area (TPSA) is 63.1 Å². The van der Waals surface area contributed by atoms with E-state index in [1.807, 2.05) is 0 Å². The molecule has 1 saturated heterocycles. The fourth-order valence-corrected chi connectivity index (χ4v) is 3.31. The molecule has 0 aliphatic carbocycles. The van der Waals surface area contributed by atoms with Crippen molar-refractivity contribution in [3.05, 3.63) is 46.8 Å². The van der Waals surface area contributed by atoms with Gasteiger partial charge in [0.2, 0.25) is 0 Å². The van der Waals surface area contributed by atoms with Crippen LogP contribution in [0.15, 0.2) is 24.3 Å². The summed E-state index contributed by atoms with van der Waals surface area (Å²) in [5, 5.41) is 11.4. The molecule has 1 aliphatic rings. The summed E-state index contributed by atoms with van der Waals surface area (Å²) in [6.45, 7) is 3.64. The van der Waals surface area contributed by atoms with Gasteiger partial charge in [-0.25, -0.2) is 4.68 Å². The second kappa shape index (κ2) is 7.67. The standard InChI is InChI=1S/C18H22F3N5O/c1-12-16(23-24-26(12)15-6-8-22-9-7-15)17(27)25(2)11-13-4-3-5-14(10-13)18(19,20)21/h3-5,10,15,22H,6-9,11H2,1-2H3. The summed E-state index contributed by atoms with van der Waals surface area (Å²) in [7, 11) is 1.55. The normalized spacial score (nSPS) is 15.7. The first-order valence-electron chi connectivity index (χ1n) is 8.81. The molecule has 0 radical (unpaired) electrons. The van der Waals surface area contributed by atoms with E-state index in [9.17, 15) is 18.0 Å². The van der Waals surface area contributed by atoms with Crippen LogP contribution in [0.2, 0.25) is 0 Å². The zero-order valence-corrected chi connectivity index (χ0v) is 15.3. The summed E-state index contributed by atoms with van der Waals surface area (Å²) >= 11 is 0. The van der Waals surface area contributed by atoms with Crippen LogP contribution in [0.3, 0.4) is 0 Å². The average molecular weight is 381 g/mol. The first-order chi connectivity index (χ1) is 12.8. The number of nitrogens with zero attached hydrogens (tertiary/aromatic N) is 4. The molecular formula is C18H22F3N5O. The number of hydrogen-bond donors (Lipinski definition) is 1. The second-order valence-corrected chi connectivity index (χ2v) is 6.81. The Labute approximate surface area is 155 Å². The predicted molar refractivity (Wildman–Crippen MR) is 93.1 cm³/mol. The lowest BCUT2D eigenvalue weighted by Crippen LogP contribution is -2.30. The Balaban J connectivity index is 1.73. The van der Waals surface area contributed by atoms with Crippen LogP contribution in [0, 0.1) is 6.92 Å². The maximum Gasteiger partial charge on any atom is 0.416 e. The molecule has 0 bridgehead atoms. The minimum absolute atomic E-state index is 0.0579. The van der Waals surface area contributed by atoms with E-state index < -0.39 is 11.7 Å². The van der Waals surface area contributed by atoms with Gasteiger partial charge in [0.05, 0.1) is 17.3 Å². The second-order valence-electron chi connectivity index (χ2n) is 6.81. The minimum Gasteiger partial charge on any atom is -0.336 e. The molecule has 9 heteroatoms. The zero-order valence-electron chi connectivity index (χ0n) is 15.3. The Morgan fingerprint density at radius 2 is 2.04 bits per heavy atom. The lowest BCUT2D eigenvalue weighted by molar-refractivity contribution is -0.137. The Hall–Kier alpha value is -2.42. The SMILES string of the molecule is Cc1c(C(=O)N(C)Cc2cccc(C(F)(F)F)c2)nnn1C1CCNCC1. The van der Waals surface area contributed by atoms with Gasteiger partial charge in [0, 0.05) is 13.6 Å². The number of carbonyl (C=O) groups excluding carboxylic acids is 1. The van der Waals surface area contributed by atoms with E-state index in [0.717, 1.165) is 38.1 Å². The molecule has 3 rings (SSSR count). The third kappa shape index (κ3) is 4.29. The molecule has 1 aliphatic heterocycles. The van der Waals surface area contributed by atoms with Crippen molar-refractivity contribution in [2.45, 2.75) is 38.5 Å². The highest BCUT2D eigenvalue weighted by molar-refractivity contribution is 5.93. The molecular weight excluding hydrogens is 359 g/mol. The van der Waals surface area contributed by atoms with Gasteiger partial charge in [-0.05, 0) is 50.6 Å². The molecule has 1 aromatic heterocycles. The first-order valence-corrected chi connectivity index (χ1v) is 8.81. The number of carbonyl (C=O) groups is 1. The van der Waals surface area contributed by atoms with Gasteiger partial charge in [0.1, 0.15) is 0 Å². The van der Waals surface area contributed by atoms with Gasteiger partial charge >= 0.3 is 6.18 Å². The van der Waals surface area contributed by atoms with Crippen LogP contribution in [-0.2, 0) is 12.7 Å². The molecule has 0 saturated carbocycles. The van der Waals surface area contributed by atoms with Gasteiger partial charge in [0.15, 0.2) is 5.69 Å². The van der Waals surface area contributed by atoms with Gasteiger partial charge in [0.25, 0.3) is 5.91 Å². The minimum atomic E-state index is -4.41. The van der Waals surface area contributed by atoms with Crippen LogP contribution >= 0.6 is 0 Å². The van der Waals surface area contributed by atoms with E-state index in [1.165, 1.54) is 11.0 Å². The number of amides is 1. The number of alkyl halides is 3. The molecule has 6 nitrogen and oxygen atoms in total. The van der Waals surface area contributed by atoms with Crippen molar-refractivity contribution in [2.24, 2.45) is 0 Å². The zero-order chi connectivity index (χ0) is 19.6. The molecule has 146 valence electrons. The number of nitrogens with one attached hydrogen (secondary N) is 1. The molecule has 1 aromatic carbocycles. The molecule has 0 atom stereocenters. The molecule has 1 N–H and O–H groups in total. The summed E-state index contributed by atoms with van der Waals surface area (Å²) in [6.07, 6.45) is -2.58. The monoisotopic (exact) mass is 381 g/mol. The van der Waals surface area contributed by atoms with E-state index >= 15 is 0 Å². The van der Waals surface area contributed by atoms with Crippen molar-refractivity contribution in [3.63, 3.8) is 0 Å². The lowest BCUT2D eigenvalue weighted by Gasteiger charge is -2.23. The maximum absolute atomic E-state index is 12.9. The Morgan fingerprint density at radius 3 is 2.70 bits per heavy atom. The van der Waals surface area contributed by atoms with Gasteiger partial charge in [-0.2, -0.15) is 13.2 Å². The van der Waals surface area contributed by atoms with E-state index in [2.05, 4.69) is 15.6 Å². The van der Waals surface area contributed by atoms with Crippen molar-refractivity contribution in [2.75, 3.05) is 20.1 Å². The summed E-state index contributed by atoms with van der Waals surface area (Å²) in [4.78, 5) is 14.1.